The van der Waals surface area contributed by atoms with E-state index in [1.807, 2.05) is 12.1 Å². The first-order chi connectivity index (χ1) is 18.0. The fourth-order valence-electron chi connectivity index (χ4n) is 4.50. The molecule has 3 N–H and O–H groups in total. The number of rotatable bonds is 10. The van der Waals surface area contributed by atoms with Gasteiger partial charge in [0, 0.05) is 32.2 Å². The molecular formula is C26H29ClFN5O4. The first kappa shape index (κ1) is 25.4. The number of halogens is 2. The van der Waals surface area contributed by atoms with Gasteiger partial charge in [-0.3, -0.25) is 9.69 Å². The Balaban J connectivity index is 1.12. The number of aromatic nitrogens is 2. The molecule has 1 unspecified atom stereocenters. The minimum atomic E-state index is -0.817. The number of β-amino-alcohol motifs (C(OH)–C–C–N with tert-alkyl or cyclic N) is 1. The standard InChI is InChI=1S/C26H29ClFN5O4/c27-25-20-6-7-33(12-16(20)4-5-23(25)36-14-19-10-29-15-37-19)13-18(34)9-31-26(35)21-8-24(30-11-22(21)28)32-17-2-1-3-17/h4-5,8,10-11,15,17-18,34H,1-3,6-7,9,12-14H2,(H,30,32)(H,31,35). The maximum absolute atomic E-state index is 14.2. The maximum Gasteiger partial charge on any atom is 0.254 e. The van der Waals surface area contributed by atoms with Crippen LogP contribution in [0.25, 0.3) is 0 Å². The minimum absolute atomic E-state index is 0.00447. The highest BCUT2D eigenvalue weighted by Gasteiger charge is 2.24. The first-order valence-electron chi connectivity index (χ1n) is 12.4. The minimum Gasteiger partial charge on any atom is -0.484 e. The summed E-state index contributed by atoms with van der Waals surface area (Å²) < 4.78 is 25.2. The van der Waals surface area contributed by atoms with Crippen molar-refractivity contribution in [3.05, 3.63) is 70.3 Å². The number of aliphatic hydroxyl groups is 1. The van der Waals surface area contributed by atoms with E-state index in [4.69, 9.17) is 20.8 Å². The van der Waals surface area contributed by atoms with Crippen LogP contribution in [0.1, 0.15) is 46.5 Å². The quantitative estimate of drug-likeness (QED) is 0.365. The van der Waals surface area contributed by atoms with E-state index in [1.165, 1.54) is 12.5 Å². The van der Waals surface area contributed by atoms with Crippen molar-refractivity contribution in [3.8, 4) is 5.75 Å². The molecule has 3 aromatic rings. The number of anilines is 1. The Morgan fingerprint density at radius 1 is 1.35 bits per heavy atom. The Bertz CT molecular complexity index is 1240. The van der Waals surface area contributed by atoms with Crippen LogP contribution in [0.2, 0.25) is 5.02 Å². The van der Waals surface area contributed by atoms with Crippen molar-refractivity contribution in [3.63, 3.8) is 0 Å². The fraction of sp³-hybridized carbons (Fsp3) is 0.423. The monoisotopic (exact) mass is 529 g/mol. The average Bonchev–Trinajstić information content (AvgIpc) is 3.39. The van der Waals surface area contributed by atoms with E-state index >= 15 is 0 Å². The molecule has 0 bridgehead atoms. The van der Waals surface area contributed by atoms with Gasteiger partial charge in [-0.2, -0.15) is 0 Å². The third-order valence-electron chi connectivity index (χ3n) is 6.75. The highest BCUT2D eigenvalue weighted by atomic mass is 35.5. The fourth-order valence-corrected chi connectivity index (χ4v) is 4.83. The molecule has 1 aliphatic carbocycles. The van der Waals surface area contributed by atoms with Crippen molar-refractivity contribution in [1.82, 2.24) is 20.2 Å². The lowest BCUT2D eigenvalue weighted by Crippen LogP contribution is -2.42. The van der Waals surface area contributed by atoms with Gasteiger partial charge in [0.25, 0.3) is 5.91 Å². The second kappa shape index (κ2) is 11.5. The van der Waals surface area contributed by atoms with E-state index in [-0.39, 0.29) is 18.7 Å². The molecule has 37 heavy (non-hydrogen) atoms. The van der Waals surface area contributed by atoms with Crippen LogP contribution in [-0.4, -0.2) is 57.7 Å². The van der Waals surface area contributed by atoms with Gasteiger partial charge >= 0.3 is 0 Å². The second-order valence-corrected chi connectivity index (χ2v) is 9.82. The van der Waals surface area contributed by atoms with Crippen LogP contribution in [0.4, 0.5) is 10.2 Å². The summed E-state index contributed by atoms with van der Waals surface area (Å²) in [6.07, 6.45) is 7.11. The number of fused-ring (bicyclic) bond motifs is 1. The lowest BCUT2D eigenvalue weighted by atomic mass is 9.93. The average molecular weight is 530 g/mol. The highest BCUT2D eigenvalue weighted by molar-refractivity contribution is 6.33. The third-order valence-corrected chi connectivity index (χ3v) is 7.17. The van der Waals surface area contributed by atoms with Crippen molar-refractivity contribution >= 4 is 23.3 Å². The van der Waals surface area contributed by atoms with Crippen LogP contribution in [0.15, 0.2) is 41.4 Å². The Morgan fingerprint density at radius 2 is 2.22 bits per heavy atom. The number of nitrogens with zero attached hydrogens (tertiary/aromatic N) is 3. The lowest BCUT2D eigenvalue weighted by molar-refractivity contribution is 0.0838. The Kier molecular flexibility index (Phi) is 7.87. The number of amides is 1. The summed E-state index contributed by atoms with van der Waals surface area (Å²) in [6.45, 7) is 1.90. The maximum atomic E-state index is 14.2. The molecule has 1 atom stereocenters. The van der Waals surface area contributed by atoms with Crippen molar-refractivity contribution < 1.29 is 23.4 Å². The van der Waals surface area contributed by atoms with Crippen LogP contribution >= 0.6 is 11.6 Å². The topological polar surface area (TPSA) is 113 Å². The van der Waals surface area contributed by atoms with Gasteiger partial charge in [0.1, 0.15) is 18.2 Å². The van der Waals surface area contributed by atoms with Gasteiger partial charge < -0.3 is 24.9 Å². The number of aliphatic hydroxyl groups excluding tert-OH is 1. The van der Waals surface area contributed by atoms with Crippen molar-refractivity contribution in [2.24, 2.45) is 0 Å². The molecule has 0 radical (unpaired) electrons. The summed E-state index contributed by atoms with van der Waals surface area (Å²) >= 11 is 6.60. The number of ether oxygens (including phenoxy) is 1. The normalized spacial score (nSPS) is 16.5. The van der Waals surface area contributed by atoms with E-state index in [0.29, 0.717) is 54.4 Å². The summed E-state index contributed by atoms with van der Waals surface area (Å²) in [5.41, 5.74) is 1.99. The second-order valence-electron chi connectivity index (χ2n) is 9.44. The zero-order chi connectivity index (χ0) is 25.8. The molecule has 1 aliphatic heterocycles. The van der Waals surface area contributed by atoms with Gasteiger partial charge in [-0.15, -0.1) is 0 Å². The Labute approximate surface area is 219 Å². The summed E-state index contributed by atoms with van der Waals surface area (Å²) in [5.74, 6) is 0.402. The van der Waals surface area contributed by atoms with Gasteiger partial charge in [0.2, 0.25) is 0 Å². The summed E-state index contributed by atoms with van der Waals surface area (Å²) in [5, 5.41) is 17.0. The predicted octanol–water partition coefficient (Wildman–Crippen LogP) is 3.55. The number of pyridine rings is 1. The molecule has 2 aromatic heterocycles. The summed E-state index contributed by atoms with van der Waals surface area (Å²) in [7, 11) is 0. The molecule has 1 aromatic carbocycles. The molecule has 9 nitrogen and oxygen atoms in total. The van der Waals surface area contributed by atoms with Gasteiger partial charge in [-0.05, 0) is 48.9 Å². The van der Waals surface area contributed by atoms with Gasteiger partial charge in [-0.25, -0.2) is 14.4 Å². The largest absolute Gasteiger partial charge is 0.484 e. The number of carbonyl (C=O) groups excluding carboxylic acids is 1. The van der Waals surface area contributed by atoms with Crippen LogP contribution in [0.5, 0.6) is 5.75 Å². The first-order valence-corrected chi connectivity index (χ1v) is 12.7. The van der Waals surface area contributed by atoms with E-state index < -0.39 is 17.8 Å². The zero-order valence-electron chi connectivity index (χ0n) is 20.3. The molecular weight excluding hydrogens is 501 g/mol. The Morgan fingerprint density at radius 3 is 2.97 bits per heavy atom. The summed E-state index contributed by atoms with van der Waals surface area (Å²) in [4.78, 5) is 22.6. The number of carbonyl (C=O) groups is 1. The number of hydrogen-bond acceptors (Lipinski definition) is 8. The smallest absolute Gasteiger partial charge is 0.254 e. The lowest BCUT2D eigenvalue weighted by Gasteiger charge is -2.31. The number of nitrogens with one attached hydrogen (secondary N) is 2. The van der Waals surface area contributed by atoms with Crippen LogP contribution in [-0.2, 0) is 19.6 Å². The third kappa shape index (κ3) is 6.20. The number of oxazole rings is 1. The van der Waals surface area contributed by atoms with Crippen molar-refractivity contribution in [1.29, 1.82) is 0 Å². The molecule has 3 heterocycles. The number of benzene rings is 1. The molecule has 0 saturated heterocycles. The van der Waals surface area contributed by atoms with E-state index in [9.17, 15) is 14.3 Å². The van der Waals surface area contributed by atoms with Crippen molar-refractivity contribution in [2.45, 2.75) is 51.0 Å². The predicted molar refractivity (Wildman–Crippen MR) is 135 cm³/mol. The van der Waals surface area contributed by atoms with Crippen LogP contribution in [0.3, 0.4) is 0 Å². The highest BCUT2D eigenvalue weighted by Crippen LogP contribution is 2.34. The Hall–Kier alpha value is -3.21. The molecule has 196 valence electrons. The van der Waals surface area contributed by atoms with E-state index in [2.05, 4.69) is 25.5 Å². The van der Waals surface area contributed by atoms with Gasteiger partial charge in [0.15, 0.2) is 18.0 Å². The molecule has 2 aliphatic rings. The molecule has 11 heteroatoms. The molecule has 0 spiro atoms. The van der Waals surface area contributed by atoms with Gasteiger partial charge in [-0.1, -0.05) is 17.7 Å². The molecule has 1 amide bonds. The molecule has 1 fully saturated rings. The van der Waals surface area contributed by atoms with Crippen LogP contribution < -0.4 is 15.4 Å². The SMILES string of the molecule is O=C(NCC(O)CN1CCc2c(ccc(OCc3cnco3)c2Cl)C1)c1cc(NC2CCC2)ncc1F. The van der Waals surface area contributed by atoms with Gasteiger partial charge in [0.05, 0.1) is 29.1 Å². The number of hydrogen-bond donors (Lipinski definition) is 3. The van der Waals surface area contributed by atoms with Crippen molar-refractivity contribution in [2.75, 3.05) is 25.0 Å². The van der Waals surface area contributed by atoms with E-state index in [0.717, 1.165) is 36.6 Å². The van der Waals surface area contributed by atoms with E-state index in [1.54, 1.807) is 6.20 Å². The van der Waals surface area contributed by atoms with Crippen LogP contribution in [0, 0.1) is 5.82 Å². The zero-order valence-corrected chi connectivity index (χ0v) is 21.0. The molecule has 1 saturated carbocycles. The molecule has 5 rings (SSSR count). The summed E-state index contributed by atoms with van der Waals surface area (Å²) in [6, 6.07) is 5.54.